The predicted molar refractivity (Wildman–Crippen MR) is 62.1 cm³/mol. The van der Waals surface area contributed by atoms with E-state index in [1.165, 1.54) is 0 Å². The van der Waals surface area contributed by atoms with Crippen molar-refractivity contribution >= 4 is 11.6 Å². The number of carbonyl (C=O) groups is 2. The SMILES string of the molecule is COc1ccc(C(=O)[C@@]23C[C@@H]2CCC3=O)cc1. The highest BCUT2D eigenvalue weighted by molar-refractivity contribution is 6.18. The Morgan fingerprint density at radius 1 is 1.35 bits per heavy atom. The Bertz CT molecular complexity index is 489. The Balaban J connectivity index is 1.89. The van der Waals surface area contributed by atoms with E-state index in [0.29, 0.717) is 17.9 Å². The molecule has 0 bridgehead atoms. The molecule has 1 aromatic carbocycles. The highest BCUT2D eigenvalue weighted by Crippen LogP contribution is 2.62. The molecule has 0 saturated heterocycles. The Morgan fingerprint density at radius 2 is 2.06 bits per heavy atom. The molecular weight excluding hydrogens is 216 g/mol. The first-order valence-electron chi connectivity index (χ1n) is 5.90. The van der Waals surface area contributed by atoms with Crippen molar-refractivity contribution in [1.82, 2.24) is 0 Å². The summed E-state index contributed by atoms with van der Waals surface area (Å²) in [5, 5.41) is 0. The fourth-order valence-electron chi connectivity index (χ4n) is 2.95. The second-order valence-electron chi connectivity index (χ2n) is 4.89. The highest BCUT2D eigenvalue weighted by Gasteiger charge is 2.67. The van der Waals surface area contributed by atoms with Gasteiger partial charge in [-0.05, 0) is 43.0 Å². The van der Waals surface area contributed by atoms with Crippen molar-refractivity contribution in [3.63, 3.8) is 0 Å². The summed E-state index contributed by atoms with van der Waals surface area (Å²) in [7, 11) is 1.59. The first-order valence-corrected chi connectivity index (χ1v) is 5.90. The molecule has 3 rings (SSSR count). The molecule has 2 fully saturated rings. The normalized spacial score (nSPS) is 29.9. The summed E-state index contributed by atoms with van der Waals surface area (Å²) in [6.07, 6.45) is 2.23. The predicted octanol–water partition coefficient (Wildman–Crippen LogP) is 2.25. The zero-order chi connectivity index (χ0) is 12.0. The molecule has 0 radical (unpaired) electrons. The van der Waals surface area contributed by atoms with Crippen LogP contribution in [-0.2, 0) is 4.79 Å². The number of benzene rings is 1. The highest BCUT2D eigenvalue weighted by atomic mass is 16.5. The Labute approximate surface area is 99.8 Å². The van der Waals surface area contributed by atoms with Gasteiger partial charge in [0.05, 0.1) is 12.5 Å². The van der Waals surface area contributed by atoms with Crippen molar-refractivity contribution in [2.24, 2.45) is 11.3 Å². The standard InChI is InChI=1S/C14H14O3/c1-17-11-5-2-9(3-6-11)13(16)14-8-10(14)4-7-12(14)15/h2-3,5-6,10H,4,7-8H2,1H3/t10-,14-/m0/s1. The first-order chi connectivity index (χ1) is 8.18. The van der Waals surface area contributed by atoms with Gasteiger partial charge in [-0.25, -0.2) is 0 Å². The van der Waals surface area contributed by atoms with Crippen molar-refractivity contribution in [3.05, 3.63) is 29.8 Å². The molecule has 88 valence electrons. The lowest BCUT2D eigenvalue weighted by molar-refractivity contribution is -0.121. The van der Waals surface area contributed by atoms with Crippen LogP contribution in [0.15, 0.2) is 24.3 Å². The average Bonchev–Trinajstić information content (AvgIpc) is 3.03. The fourth-order valence-corrected chi connectivity index (χ4v) is 2.95. The van der Waals surface area contributed by atoms with Gasteiger partial charge in [0.2, 0.25) is 0 Å². The van der Waals surface area contributed by atoms with E-state index in [1.54, 1.807) is 31.4 Å². The third-order valence-corrected chi connectivity index (χ3v) is 4.08. The Kier molecular flexibility index (Phi) is 2.12. The van der Waals surface area contributed by atoms with Crippen molar-refractivity contribution in [2.45, 2.75) is 19.3 Å². The van der Waals surface area contributed by atoms with Gasteiger partial charge in [-0.3, -0.25) is 9.59 Å². The second kappa shape index (κ2) is 3.42. The third-order valence-electron chi connectivity index (χ3n) is 4.08. The topological polar surface area (TPSA) is 43.4 Å². The van der Waals surface area contributed by atoms with E-state index in [0.717, 1.165) is 18.6 Å². The maximum absolute atomic E-state index is 12.4. The Morgan fingerprint density at radius 3 is 2.53 bits per heavy atom. The number of Topliss-reactive ketones (excluding diaryl/α,β-unsaturated/α-hetero) is 2. The third kappa shape index (κ3) is 1.35. The minimum atomic E-state index is -0.644. The molecule has 3 heteroatoms. The first kappa shape index (κ1) is 10.5. The molecular formula is C14H14O3. The minimum Gasteiger partial charge on any atom is -0.497 e. The van der Waals surface area contributed by atoms with Crippen molar-refractivity contribution in [1.29, 1.82) is 0 Å². The van der Waals surface area contributed by atoms with E-state index in [-0.39, 0.29) is 11.6 Å². The molecule has 0 unspecified atom stereocenters. The van der Waals surface area contributed by atoms with E-state index in [1.807, 2.05) is 0 Å². The van der Waals surface area contributed by atoms with Gasteiger partial charge >= 0.3 is 0 Å². The van der Waals surface area contributed by atoms with Crippen molar-refractivity contribution < 1.29 is 14.3 Å². The molecule has 0 amide bonds. The van der Waals surface area contributed by atoms with Crippen LogP contribution in [0, 0.1) is 11.3 Å². The minimum absolute atomic E-state index is 0.00709. The molecule has 0 N–H and O–H groups in total. The number of methoxy groups -OCH3 is 1. The molecule has 2 aliphatic carbocycles. The van der Waals surface area contributed by atoms with Crippen LogP contribution in [-0.4, -0.2) is 18.7 Å². The molecule has 17 heavy (non-hydrogen) atoms. The van der Waals surface area contributed by atoms with Gasteiger partial charge in [0.15, 0.2) is 5.78 Å². The maximum atomic E-state index is 12.4. The Hall–Kier alpha value is -1.64. The molecule has 0 aliphatic heterocycles. The van der Waals surface area contributed by atoms with Crippen LogP contribution in [0.1, 0.15) is 29.6 Å². The largest absolute Gasteiger partial charge is 0.497 e. The average molecular weight is 230 g/mol. The van der Waals surface area contributed by atoms with Crippen LogP contribution in [0.2, 0.25) is 0 Å². The van der Waals surface area contributed by atoms with Crippen LogP contribution in [0.4, 0.5) is 0 Å². The smallest absolute Gasteiger partial charge is 0.176 e. The van der Waals surface area contributed by atoms with E-state index < -0.39 is 5.41 Å². The van der Waals surface area contributed by atoms with Crippen LogP contribution in [0.3, 0.4) is 0 Å². The lowest BCUT2D eigenvalue weighted by Gasteiger charge is -2.10. The summed E-state index contributed by atoms with van der Waals surface area (Å²) in [5.74, 6) is 1.18. The number of carbonyl (C=O) groups excluding carboxylic acids is 2. The monoisotopic (exact) mass is 230 g/mol. The van der Waals surface area contributed by atoms with Gasteiger partial charge in [0.25, 0.3) is 0 Å². The molecule has 2 atom stereocenters. The van der Waals surface area contributed by atoms with Crippen molar-refractivity contribution in [3.8, 4) is 5.75 Å². The second-order valence-corrected chi connectivity index (χ2v) is 4.89. The number of hydrogen-bond donors (Lipinski definition) is 0. The maximum Gasteiger partial charge on any atom is 0.176 e. The van der Waals surface area contributed by atoms with E-state index in [4.69, 9.17) is 4.74 Å². The molecule has 3 nitrogen and oxygen atoms in total. The van der Waals surface area contributed by atoms with Crippen LogP contribution < -0.4 is 4.74 Å². The van der Waals surface area contributed by atoms with Gasteiger partial charge in [-0.2, -0.15) is 0 Å². The fraction of sp³-hybridized carbons (Fsp3) is 0.429. The molecule has 2 aliphatic rings. The zero-order valence-corrected chi connectivity index (χ0v) is 9.73. The molecule has 0 aromatic heterocycles. The summed E-state index contributed by atoms with van der Waals surface area (Å²) < 4.78 is 5.05. The van der Waals surface area contributed by atoms with Gasteiger partial charge in [0, 0.05) is 12.0 Å². The molecule has 0 heterocycles. The van der Waals surface area contributed by atoms with Gasteiger partial charge < -0.3 is 4.74 Å². The van der Waals surface area contributed by atoms with Gasteiger partial charge in [0.1, 0.15) is 11.5 Å². The molecule has 2 saturated carbocycles. The number of fused-ring (bicyclic) bond motifs is 1. The van der Waals surface area contributed by atoms with Crippen LogP contribution in [0.25, 0.3) is 0 Å². The summed E-state index contributed by atoms with van der Waals surface area (Å²) in [5.41, 5.74) is -0.0160. The summed E-state index contributed by atoms with van der Waals surface area (Å²) in [4.78, 5) is 24.2. The van der Waals surface area contributed by atoms with Crippen LogP contribution in [0.5, 0.6) is 5.75 Å². The number of ether oxygens (including phenoxy) is 1. The molecule has 0 spiro atoms. The number of ketones is 2. The summed E-state index contributed by atoms with van der Waals surface area (Å²) in [6, 6.07) is 7.02. The lowest BCUT2D eigenvalue weighted by atomic mass is 9.91. The number of hydrogen-bond acceptors (Lipinski definition) is 3. The zero-order valence-electron chi connectivity index (χ0n) is 9.73. The van der Waals surface area contributed by atoms with Crippen LogP contribution >= 0.6 is 0 Å². The number of rotatable bonds is 3. The quantitative estimate of drug-likeness (QED) is 0.591. The van der Waals surface area contributed by atoms with Gasteiger partial charge in [-0.15, -0.1) is 0 Å². The lowest BCUT2D eigenvalue weighted by Crippen LogP contribution is -2.24. The summed E-state index contributed by atoms with van der Waals surface area (Å²) >= 11 is 0. The molecule has 1 aromatic rings. The van der Waals surface area contributed by atoms with Crippen molar-refractivity contribution in [2.75, 3.05) is 7.11 Å². The van der Waals surface area contributed by atoms with E-state index in [2.05, 4.69) is 0 Å². The summed E-state index contributed by atoms with van der Waals surface area (Å²) in [6.45, 7) is 0. The van der Waals surface area contributed by atoms with E-state index in [9.17, 15) is 9.59 Å². The van der Waals surface area contributed by atoms with E-state index >= 15 is 0 Å². The van der Waals surface area contributed by atoms with Gasteiger partial charge in [-0.1, -0.05) is 0 Å².